The van der Waals surface area contributed by atoms with Crippen LogP contribution in [0.25, 0.3) is 10.8 Å². The number of hydrogen-bond acceptors (Lipinski definition) is 5. The fourth-order valence-corrected chi connectivity index (χ4v) is 6.64. The van der Waals surface area contributed by atoms with Gasteiger partial charge in [-0.1, -0.05) is 55.8 Å². The van der Waals surface area contributed by atoms with E-state index >= 15 is 0 Å². The van der Waals surface area contributed by atoms with Crippen molar-refractivity contribution in [2.24, 2.45) is 5.92 Å². The summed E-state index contributed by atoms with van der Waals surface area (Å²) in [5, 5.41) is 4.14. The number of nitrogens with zero attached hydrogens (tertiary/aromatic N) is 2. The molecule has 0 saturated carbocycles. The Morgan fingerprint density at radius 2 is 1.68 bits per heavy atom. The fourth-order valence-electron chi connectivity index (χ4n) is 5.09. The Labute approximate surface area is 225 Å². The largest absolute Gasteiger partial charge is 0.341 e. The molecule has 1 fully saturated rings. The fraction of sp³-hybridized carbons (Fsp3) is 0.379. The Morgan fingerprint density at radius 3 is 2.37 bits per heavy atom. The maximum Gasteiger partial charge on any atom is 0.255 e. The lowest BCUT2D eigenvalue weighted by Gasteiger charge is -2.39. The summed E-state index contributed by atoms with van der Waals surface area (Å²) in [6, 6.07) is 17.4. The number of rotatable bonds is 8. The van der Waals surface area contributed by atoms with E-state index in [0.29, 0.717) is 48.1 Å². The average Bonchev–Trinajstić information content (AvgIpc) is 2.88. The quantitative estimate of drug-likeness (QED) is 0.456. The summed E-state index contributed by atoms with van der Waals surface area (Å²) >= 11 is 0. The molecule has 8 nitrogen and oxygen atoms in total. The third-order valence-electron chi connectivity index (χ3n) is 7.18. The van der Waals surface area contributed by atoms with Crippen LogP contribution in [-0.2, 0) is 14.8 Å². The zero-order chi connectivity index (χ0) is 27.4. The molecule has 1 saturated heterocycles. The highest BCUT2D eigenvalue weighted by Crippen LogP contribution is 2.31. The third-order valence-corrected chi connectivity index (χ3v) is 8.73. The Bertz CT molecular complexity index is 1440. The summed E-state index contributed by atoms with van der Waals surface area (Å²) in [5.74, 6) is -0.170. The van der Waals surface area contributed by atoms with E-state index in [4.69, 9.17) is 0 Å². The molecule has 2 atom stereocenters. The number of nitrogens with one attached hydrogen (secondary N) is 2. The van der Waals surface area contributed by atoms with E-state index in [1.165, 1.54) is 0 Å². The summed E-state index contributed by atoms with van der Waals surface area (Å²) in [6.45, 7) is 5.28. The van der Waals surface area contributed by atoms with Crippen LogP contribution in [0.5, 0.6) is 0 Å². The lowest BCUT2D eigenvalue weighted by atomic mass is 9.90. The number of piperidine rings is 1. The van der Waals surface area contributed by atoms with Gasteiger partial charge in [-0.3, -0.25) is 9.59 Å². The first-order chi connectivity index (χ1) is 18.1. The Hall–Kier alpha value is -3.27. The molecule has 0 radical (unpaired) electrons. The van der Waals surface area contributed by atoms with E-state index in [0.717, 1.165) is 12.0 Å². The number of amides is 2. The number of likely N-dealkylation sites (N-methyl/N-ethyl adjacent to an activating group) is 1. The monoisotopic (exact) mass is 536 g/mol. The summed E-state index contributed by atoms with van der Waals surface area (Å²) in [4.78, 5) is 29.4. The van der Waals surface area contributed by atoms with Gasteiger partial charge in [-0.15, -0.1) is 0 Å². The molecule has 3 aromatic rings. The number of benzene rings is 3. The van der Waals surface area contributed by atoms with Gasteiger partial charge in [0.05, 0.1) is 11.4 Å². The van der Waals surface area contributed by atoms with Gasteiger partial charge in [0.25, 0.3) is 5.91 Å². The van der Waals surface area contributed by atoms with Crippen LogP contribution in [0.1, 0.15) is 35.7 Å². The first-order valence-electron chi connectivity index (χ1n) is 12.9. The van der Waals surface area contributed by atoms with E-state index in [1.54, 1.807) is 30.3 Å². The molecule has 0 unspecified atom stereocenters. The van der Waals surface area contributed by atoms with Crippen LogP contribution in [0.4, 0.5) is 5.69 Å². The number of aryl methyl sites for hydroxylation is 1. The number of likely N-dealkylation sites (tertiary alicyclic amines) is 1. The molecule has 202 valence electrons. The van der Waals surface area contributed by atoms with Crippen LogP contribution < -0.4 is 10.0 Å². The number of anilines is 1. The van der Waals surface area contributed by atoms with Crippen LogP contribution in [0, 0.1) is 12.8 Å². The Kier molecular flexibility index (Phi) is 8.50. The standard InChI is InChI=1S/C29H36N4O4S/c1-5-21-18-33(28(34)19-32(3)4)17-16-25(21)31-38(36,37)27-15-14-26(23-12-8-9-13-24(23)27)30-29(35)22-11-7-6-10-20(22)2/h6-15,21,25,31H,5,16-19H2,1-4H3,(H,30,35)/t21-,25-/m1/s1. The highest BCUT2D eigenvalue weighted by molar-refractivity contribution is 7.89. The molecule has 1 heterocycles. The van der Waals surface area contributed by atoms with E-state index < -0.39 is 10.0 Å². The molecule has 0 aromatic heterocycles. The van der Waals surface area contributed by atoms with Crippen molar-refractivity contribution in [3.8, 4) is 0 Å². The van der Waals surface area contributed by atoms with Crippen LogP contribution >= 0.6 is 0 Å². The SMILES string of the molecule is CC[C@@H]1CN(C(=O)CN(C)C)CC[C@H]1NS(=O)(=O)c1ccc(NC(=O)c2ccccc2C)c2ccccc12. The maximum atomic E-state index is 13.7. The predicted molar refractivity (Wildman–Crippen MR) is 151 cm³/mol. The Balaban J connectivity index is 1.57. The van der Waals surface area contributed by atoms with Crippen molar-refractivity contribution in [3.05, 3.63) is 71.8 Å². The number of carbonyl (C=O) groups is 2. The molecule has 1 aliphatic heterocycles. The molecule has 0 aliphatic carbocycles. The summed E-state index contributed by atoms with van der Waals surface area (Å²) < 4.78 is 30.2. The van der Waals surface area contributed by atoms with Gasteiger partial charge < -0.3 is 15.1 Å². The van der Waals surface area contributed by atoms with Crippen LogP contribution in [0.3, 0.4) is 0 Å². The van der Waals surface area contributed by atoms with Crippen LogP contribution in [-0.4, -0.2) is 69.8 Å². The molecule has 2 N–H and O–H groups in total. The van der Waals surface area contributed by atoms with E-state index in [2.05, 4.69) is 10.0 Å². The second-order valence-electron chi connectivity index (χ2n) is 10.2. The second-order valence-corrected chi connectivity index (χ2v) is 11.9. The summed E-state index contributed by atoms with van der Waals surface area (Å²) in [6.07, 6.45) is 1.31. The third kappa shape index (κ3) is 6.06. The van der Waals surface area contributed by atoms with Crippen molar-refractivity contribution >= 4 is 38.3 Å². The maximum absolute atomic E-state index is 13.7. The molecule has 9 heteroatoms. The molecule has 0 bridgehead atoms. The number of sulfonamides is 1. The van der Waals surface area contributed by atoms with E-state index in [9.17, 15) is 18.0 Å². The predicted octanol–water partition coefficient (Wildman–Crippen LogP) is 3.87. The molecule has 38 heavy (non-hydrogen) atoms. The van der Waals surface area contributed by atoms with Crippen molar-refractivity contribution in [1.82, 2.24) is 14.5 Å². The van der Waals surface area contributed by atoms with Crippen molar-refractivity contribution in [2.45, 2.75) is 37.6 Å². The normalized spacial score (nSPS) is 18.1. The topological polar surface area (TPSA) is 98.8 Å². The lowest BCUT2D eigenvalue weighted by molar-refractivity contribution is -0.133. The molecule has 3 aromatic carbocycles. The first-order valence-corrected chi connectivity index (χ1v) is 14.4. The van der Waals surface area contributed by atoms with E-state index in [1.807, 2.05) is 68.1 Å². The van der Waals surface area contributed by atoms with Gasteiger partial charge in [0.2, 0.25) is 15.9 Å². The molecule has 1 aliphatic rings. The molecular weight excluding hydrogens is 500 g/mol. The van der Waals surface area contributed by atoms with Gasteiger partial charge in [0, 0.05) is 41.2 Å². The molecule has 0 spiro atoms. The van der Waals surface area contributed by atoms with Crippen molar-refractivity contribution < 1.29 is 18.0 Å². The number of hydrogen-bond donors (Lipinski definition) is 2. The zero-order valence-corrected chi connectivity index (χ0v) is 23.2. The summed E-state index contributed by atoms with van der Waals surface area (Å²) in [7, 11) is -0.143. The highest BCUT2D eigenvalue weighted by atomic mass is 32.2. The van der Waals surface area contributed by atoms with Crippen LogP contribution in [0.15, 0.2) is 65.6 Å². The minimum absolute atomic E-state index is 0.0172. The Morgan fingerprint density at radius 1 is 1.00 bits per heavy atom. The van der Waals surface area contributed by atoms with Crippen molar-refractivity contribution in [2.75, 3.05) is 39.0 Å². The lowest BCUT2D eigenvalue weighted by Crippen LogP contribution is -2.53. The van der Waals surface area contributed by atoms with Gasteiger partial charge in [-0.05, 0) is 57.1 Å². The van der Waals surface area contributed by atoms with Crippen molar-refractivity contribution in [1.29, 1.82) is 0 Å². The zero-order valence-electron chi connectivity index (χ0n) is 22.4. The smallest absolute Gasteiger partial charge is 0.255 e. The molecular formula is C29H36N4O4S. The molecule has 2 amide bonds. The summed E-state index contributed by atoms with van der Waals surface area (Å²) in [5.41, 5.74) is 1.97. The minimum atomic E-state index is -3.86. The van der Waals surface area contributed by atoms with Gasteiger partial charge >= 0.3 is 0 Å². The number of carbonyl (C=O) groups excluding carboxylic acids is 2. The van der Waals surface area contributed by atoms with Gasteiger partial charge in [0.15, 0.2) is 0 Å². The van der Waals surface area contributed by atoms with Crippen LogP contribution in [0.2, 0.25) is 0 Å². The van der Waals surface area contributed by atoms with Gasteiger partial charge in [0.1, 0.15) is 0 Å². The average molecular weight is 537 g/mol. The first kappa shape index (κ1) is 27.8. The van der Waals surface area contributed by atoms with Gasteiger partial charge in [-0.25, -0.2) is 13.1 Å². The van der Waals surface area contributed by atoms with Crippen molar-refractivity contribution in [3.63, 3.8) is 0 Å². The second kappa shape index (κ2) is 11.6. The minimum Gasteiger partial charge on any atom is -0.341 e. The molecule has 4 rings (SSSR count). The highest BCUT2D eigenvalue weighted by Gasteiger charge is 2.34. The van der Waals surface area contributed by atoms with Gasteiger partial charge in [-0.2, -0.15) is 0 Å². The van der Waals surface area contributed by atoms with E-state index in [-0.39, 0.29) is 28.7 Å². The number of fused-ring (bicyclic) bond motifs is 1.